The van der Waals surface area contributed by atoms with Gasteiger partial charge in [0, 0.05) is 20.1 Å². The first-order valence-electron chi connectivity index (χ1n) is 8.83. The summed E-state index contributed by atoms with van der Waals surface area (Å²) in [5.74, 6) is 0.767. The largest absolute Gasteiger partial charge is 0.357 e. The second-order valence-corrected chi connectivity index (χ2v) is 6.85. The van der Waals surface area contributed by atoms with Crippen molar-refractivity contribution in [1.29, 1.82) is 0 Å². The van der Waals surface area contributed by atoms with Crippen LogP contribution in [0.3, 0.4) is 0 Å². The van der Waals surface area contributed by atoms with E-state index in [1.54, 1.807) is 11.9 Å². The summed E-state index contributed by atoms with van der Waals surface area (Å²) < 4.78 is 0. The van der Waals surface area contributed by atoms with Crippen LogP contribution in [-0.4, -0.2) is 43.0 Å². The van der Waals surface area contributed by atoms with Gasteiger partial charge in [0.05, 0.1) is 0 Å². The number of hydrogen-bond acceptors (Lipinski definition) is 2. The molecule has 1 heterocycles. The number of carbonyl (C=O) groups is 2. The highest BCUT2D eigenvalue weighted by Crippen LogP contribution is 2.19. The number of likely N-dealkylation sites (N-methyl/N-ethyl adjacent to an activating group) is 1. The third kappa shape index (κ3) is 4.73. The molecule has 5 nitrogen and oxygen atoms in total. The van der Waals surface area contributed by atoms with Crippen molar-refractivity contribution in [1.82, 2.24) is 15.5 Å². The molecule has 1 aliphatic rings. The fourth-order valence-corrected chi connectivity index (χ4v) is 3.23. The summed E-state index contributed by atoms with van der Waals surface area (Å²) in [6.45, 7) is 5.64. The SMILES string of the molecule is CNC(=O)[C@@H]1CCCN1C(=O)NC[C@@H](Cc1ccccc1)C(C)C. The van der Waals surface area contributed by atoms with E-state index >= 15 is 0 Å². The lowest BCUT2D eigenvalue weighted by atomic mass is 9.89. The van der Waals surface area contributed by atoms with Gasteiger partial charge in [0.15, 0.2) is 0 Å². The minimum Gasteiger partial charge on any atom is -0.357 e. The van der Waals surface area contributed by atoms with Gasteiger partial charge in [0.2, 0.25) is 5.91 Å². The number of carbonyl (C=O) groups excluding carboxylic acids is 2. The molecule has 3 amide bonds. The maximum atomic E-state index is 12.5. The van der Waals surface area contributed by atoms with Crippen LogP contribution in [0.5, 0.6) is 0 Å². The van der Waals surface area contributed by atoms with E-state index in [1.807, 2.05) is 18.2 Å². The molecule has 2 rings (SSSR count). The fraction of sp³-hybridized carbons (Fsp3) is 0.579. The van der Waals surface area contributed by atoms with E-state index < -0.39 is 0 Å². The van der Waals surface area contributed by atoms with Crippen LogP contribution in [0.25, 0.3) is 0 Å². The minimum absolute atomic E-state index is 0.0765. The molecule has 0 spiro atoms. The van der Waals surface area contributed by atoms with Crippen LogP contribution in [0.1, 0.15) is 32.3 Å². The first kappa shape index (κ1) is 18.3. The lowest BCUT2D eigenvalue weighted by Gasteiger charge is -2.26. The molecular formula is C19H29N3O2. The van der Waals surface area contributed by atoms with Crippen molar-refractivity contribution >= 4 is 11.9 Å². The smallest absolute Gasteiger partial charge is 0.318 e. The minimum atomic E-state index is -0.332. The van der Waals surface area contributed by atoms with Gasteiger partial charge in [-0.1, -0.05) is 44.2 Å². The van der Waals surface area contributed by atoms with E-state index in [4.69, 9.17) is 0 Å². The quantitative estimate of drug-likeness (QED) is 0.841. The van der Waals surface area contributed by atoms with Gasteiger partial charge in [-0.2, -0.15) is 0 Å². The summed E-state index contributed by atoms with van der Waals surface area (Å²) in [6, 6.07) is 9.90. The Balaban J connectivity index is 1.91. The molecule has 0 unspecified atom stereocenters. The molecule has 1 aromatic carbocycles. The van der Waals surface area contributed by atoms with Crippen LogP contribution in [0.4, 0.5) is 4.79 Å². The van der Waals surface area contributed by atoms with Crippen molar-refractivity contribution in [3.63, 3.8) is 0 Å². The fourth-order valence-electron chi connectivity index (χ4n) is 3.23. The number of hydrogen-bond donors (Lipinski definition) is 2. The second-order valence-electron chi connectivity index (χ2n) is 6.85. The number of nitrogens with zero attached hydrogens (tertiary/aromatic N) is 1. The van der Waals surface area contributed by atoms with Gasteiger partial charge in [-0.05, 0) is 36.7 Å². The molecule has 1 saturated heterocycles. The Morgan fingerprint density at radius 2 is 1.96 bits per heavy atom. The summed E-state index contributed by atoms with van der Waals surface area (Å²) in [5, 5.41) is 5.69. The number of amides is 3. The number of urea groups is 1. The maximum Gasteiger partial charge on any atom is 0.318 e. The highest BCUT2D eigenvalue weighted by atomic mass is 16.2. The Morgan fingerprint density at radius 1 is 1.25 bits per heavy atom. The molecule has 24 heavy (non-hydrogen) atoms. The van der Waals surface area contributed by atoms with Gasteiger partial charge < -0.3 is 15.5 Å². The van der Waals surface area contributed by atoms with Crippen molar-refractivity contribution < 1.29 is 9.59 Å². The summed E-state index contributed by atoms with van der Waals surface area (Å²) in [4.78, 5) is 26.0. The predicted octanol–water partition coefficient (Wildman–Crippen LogP) is 2.42. The number of likely N-dealkylation sites (tertiary alicyclic amines) is 1. The van der Waals surface area contributed by atoms with E-state index in [9.17, 15) is 9.59 Å². The van der Waals surface area contributed by atoms with Crippen molar-refractivity contribution in [3.05, 3.63) is 35.9 Å². The Kier molecular flexibility index (Phi) is 6.64. The number of rotatable bonds is 6. The average Bonchev–Trinajstić information content (AvgIpc) is 3.08. The molecule has 0 saturated carbocycles. The van der Waals surface area contributed by atoms with Crippen LogP contribution in [0.15, 0.2) is 30.3 Å². The van der Waals surface area contributed by atoms with Crippen LogP contribution in [0.2, 0.25) is 0 Å². The molecule has 1 aromatic rings. The summed E-state index contributed by atoms with van der Waals surface area (Å²) in [6.07, 6.45) is 2.56. The van der Waals surface area contributed by atoms with Crippen molar-refractivity contribution in [3.8, 4) is 0 Å². The molecular weight excluding hydrogens is 302 g/mol. The molecule has 1 fully saturated rings. The van der Waals surface area contributed by atoms with Gasteiger partial charge >= 0.3 is 6.03 Å². The van der Waals surface area contributed by atoms with Gasteiger partial charge in [-0.15, -0.1) is 0 Å². The molecule has 132 valence electrons. The lowest BCUT2D eigenvalue weighted by molar-refractivity contribution is -0.124. The molecule has 1 aliphatic heterocycles. The molecule has 2 N–H and O–H groups in total. The Labute approximate surface area is 144 Å². The summed E-state index contributed by atoms with van der Waals surface area (Å²) in [7, 11) is 1.62. The van der Waals surface area contributed by atoms with E-state index in [0.717, 1.165) is 19.3 Å². The zero-order valence-electron chi connectivity index (χ0n) is 14.9. The molecule has 0 aromatic heterocycles. The molecule has 2 atom stereocenters. The van der Waals surface area contributed by atoms with E-state index in [1.165, 1.54) is 5.56 Å². The zero-order chi connectivity index (χ0) is 17.5. The van der Waals surface area contributed by atoms with Gasteiger partial charge in [-0.25, -0.2) is 4.79 Å². The lowest BCUT2D eigenvalue weighted by Crippen LogP contribution is -2.50. The second kappa shape index (κ2) is 8.71. The van der Waals surface area contributed by atoms with E-state index in [0.29, 0.717) is 24.9 Å². The van der Waals surface area contributed by atoms with Crippen LogP contribution >= 0.6 is 0 Å². The van der Waals surface area contributed by atoms with Crippen LogP contribution in [-0.2, 0) is 11.2 Å². The summed E-state index contributed by atoms with van der Waals surface area (Å²) in [5.41, 5.74) is 1.29. The van der Waals surface area contributed by atoms with Gasteiger partial charge in [0.25, 0.3) is 0 Å². The predicted molar refractivity (Wildman–Crippen MR) is 95.7 cm³/mol. The first-order valence-corrected chi connectivity index (χ1v) is 8.83. The van der Waals surface area contributed by atoms with E-state index in [-0.39, 0.29) is 18.0 Å². The number of nitrogens with one attached hydrogen (secondary N) is 2. The molecule has 0 bridgehead atoms. The molecule has 0 radical (unpaired) electrons. The highest BCUT2D eigenvalue weighted by molar-refractivity contribution is 5.87. The zero-order valence-corrected chi connectivity index (χ0v) is 14.9. The Bertz CT molecular complexity index is 545. The third-order valence-corrected chi connectivity index (χ3v) is 4.86. The number of benzene rings is 1. The van der Waals surface area contributed by atoms with Crippen molar-refractivity contribution in [2.75, 3.05) is 20.1 Å². The monoisotopic (exact) mass is 331 g/mol. The topological polar surface area (TPSA) is 61.4 Å². The Hall–Kier alpha value is -2.04. The van der Waals surface area contributed by atoms with Crippen molar-refractivity contribution in [2.24, 2.45) is 11.8 Å². The third-order valence-electron chi connectivity index (χ3n) is 4.86. The van der Waals surface area contributed by atoms with Gasteiger partial charge in [0.1, 0.15) is 6.04 Å². The van der Waals surface area contributed by atoms with E-state index in [2.05, 4.69) is 36.6 Å². The van der Waals surface area contributed by atoms with Crippen LogP contribution in [0, 0.1) is 11.8 Å². The normalized spacial score (nSPS) is 18.5. The highest BCUT2D eigenvalue weighted by Gasteiger charge is 2.33. The standard InChI is InChI=1S/C19H29N3O2/c1-14(2)16(12-15-8-5-4-6-9-15)13-21-19(24)22-11-7-10-17(22)18(23)20-3/h4-6,8-9,14,16-17H,7,10-13H2,1-3H3,(H,20,23)(H,21,24)/t16-,17+/m1/s1. The van der Waals surface area contributed by atoms with Crippen molar-refractivity contribution in [2.45, 2.75) is 39.2 Å². The average molecular weight is 331 g/mol. The maximum absolute atomic E-state index is 12.5. The van der Waals surface area contributed by atoms with Gasteiger partial charge in [-0.3, -0.25) is 4.79 Å². The Morgan fingerprint density at radius 3 is 2.58 bits per heavy atom. The first-order chi connectivity index (χ1) is 11.5. The molecule has 5 heteroatoms. The molecule has 0 aliphatic carbocycles. The summed E-state index contributed by atoms with van der Waals surface area (Å²) >= 11 is 0. The van der Waals surface area contributed by atoms with Crippen LogP contribution < -0.4 is 10.6 Å².